The van der Waals surface area contributed by atoms with Gasteiger partial charge >= 0.3 is 0 Å². The number of hydrogen-bond acceptors (Lipinski definition) is 0. The highest BCUT2D eigenvalue weighted by Gasteiger charge is 2.06. The monoisotopic (exact) mass is 239 g/mol. The second-order valence-corrected chi connectivity index (χ2v) is 4.47. The zero-order chi connectivity index (χ0) is 9.84. The molecule has 0 saturated heterocycles. The van der Waals surface area contributed by atoms with Gasteiger partial charge < -0.3 is 0 Å². The second-order valence-electron chi connectivity index (χ2n) is 3.55. The van der Waals surface area contributed by atoms with Gasteiger partial charge in [-0.15, -0.1) is 0 Å². The van der Waals surface area contributed by atoms with Crippen molar-refractivity contribution in [2.75, 3.05) is 0 Å². The van der Waals surface area contributed by atoms with Crippen molar-refractivity contribution in [3.05, 3.63) is 39.7 Å². The Bertz CT molecular complexity index is 276. The van der Waals surface area contributed by atoms with E-state index in [2.05, 4.69) is 54.9 Å². The minimum Gasteiger partial charge on any atom is -0.0651 e. The fraction of sp³-hybridized carbons (Fsp3) is 0.417. The summed E-state index contributed by atoms with van der Waals surface area (Å²) in [5.41, 5.74) is 2.86. The number of benzene rings is 1. The predicted octanol–water partition coefficient (Wildman–Crippen LogP) is 4.36. The van der Waals surface area contributed by atoms with Crippen molar-refractivity contribution in [1.29, 1.82) is 0 Å². The van der Waals surface area contributed by atoms with Crippen molar-refractivity contribution in [3.8, 4) is 0 Å². The van der Waals surface area contributed by atoms with Crippen LogP contribution in [0.2, 0.25) is 0 Å². The SMILES string of the molecule is CCCc1ccc(Br)cc1[C](C)C. The van der Waals surface area contributed by atoms with Gasteiger partial charge in [0, 0.05) is 4.47 Å². The Morgan fingerprint density at radius 1 is 1.31 bits per heavy atom. The molecule has 0 heterocycles. The van der Waals surface area contributed by atoms with Gasteiger partial charge in [-0.25, -0.2) is 0 Å². The fourth-order valence-electron chi connectivity index (χ4n) is 1.50. The van der Waals surface area contributed by atoms with Gasteiger partial charge in [-0.2, -0.15) is 0 Å². The summed E-state index contributed by atoms with van der Waals surface area (Å²) in [7, 11) is 0. The fourth-order valence-corrected chi connectivity index (χ4v) is 1.86. The molecule has 1 rings (SSSR count). The molecule has 71 valence electrons. The lowest BCUT2D eigenvalue weighted by molar-refractivity contribution is 0.904. The van der Waals surface area contributed by atoms with Crippen molar-refractivity contribution in [2.24, 2.45) is 0 Å². The maximum absolute atomic E-state index is 3.50. The van der Waals surface area contributed by atoms with Crippen molar-refractivity contribution in [3.63, 3.8) is 0 Å². The van der Waals surface area contributed by atoms with Crippen molar-refractivity contribution in [2.45, 2.75) is 33.6 Å². The molecule has 0 atom stereocenters. The molecule has 0 aliphatic heterocycles. The molecule has 0 aromatic heterocycles. The summed E-state index contributed by atoms with van der Waals surface area (Å²) in [6.07, 6.45) is 2.38. The van der Waals surface area contributed by atoms with E-state index in [4.69, 9.17) is 0 Å². The quantitative estimate of drug-likeness (QED) is 0.736. The van der Waals surface area contributed by atoms with E-state index < -0.39 is 0 Å². The summed E-state index contributed by atoms with van der Waals surface area (Å²) in [4.78, 5) is 0. The molecular weight excluding hydrogens is 224 g/mol. The van der Waals surface area contributed by atoms with Crippen LogP contribution in [0.5, 0.6) is 0 Å². The topological polar surface area (TPSA) is 0 Å². The zero-order valence-corrected chi connectivity index (χ0v) is 10.1. The average molecular weight is 240 g/mol. The predicted molar refractivity (Wildman–Crippen MR) is 61.8 cm³/mol. The third-order valence-corrected chi connectivity index (χ3v) is 2.62. The van der Waals surface area contributed by atoms with Gasteiger partial charge in [0.15, 0.2) is 0 Å². The summed E-state index contributed by atoms with van der Waals surface area (Å²) < 4.78 is 1.17. The Balaban J connectivity index is 3.03. The molecule has 0 nitrogen and oxygen atoms in total. The van der Waals surface area contributed by atoms with E-state index in [9.17, 15) is 0 Å². The summed E-state index contributed by atoms with van der Waals surface area (Å²) in [6, 6.07) is 6.55. The lowest BCUT2D eigenvalue weighted by Gasteiger charge is -2.11. The normalized spacial score (nSPS) is 10.8. The number of rotatable bonds is 3. The molecule has 0 saturated carbocycles. The highest BCUT2D eigenvalue weighted by atomic mass is 79.9. The van der Waals surface area contributed by atoms with E-state index in [1.165, 1.54) is 34.4 Å². The maximum Gasteiger partial charge on any atom is 0.0178 e. The Hall–Kier alpha value is -0.300. The van der Waals surface area contributed by atoms with Crippen LogP contribution >= 0.6 is 15.9 Å². The third-order valence-electron chi connectivity index (χ3n) is 2.13. The molecule has 1 heteroatoms. The van der Waals surface area contributed by atoms with Crippen LogP contribution in [0.3, 0.4) is 0 Å². The molecule has 0 bridgehead atoms. The second kappa shape index (κ2) is 4.80. The molecule has 0 aliphatic rings. The van der Waals surface area contributed by atoms with Crippen LogP contribution in [-0.2, 0) is 6.42 Å². The number of aryl methyl sites for hydroxylation is 1. The summed E-state index contributed by atoms with van der Waals surface area (Å²) >= 11 is 3.50. The molecular formula is C12H16Br. The highest BCUT2D eigenvalue weighted by molar-refractivity contribution is 9.10. The van der Waals surface area contributed by atoms with Crippen molar-refractivity contribution in [1.82, 2.24) is 0 Å². The first-order chi connectivity index (χ1) is 6.15. The zero-order valence-electron chi connectivity index (χ0n) is 8.52. The first kappa shape index (κ1) is 10.8. The lowest BCUT2D eigenvalue weighted by Crippen LogP contribution is -1.96. The van der Waals surface area contributed by atoms with E-state index in [1.54, 1.807) is 0 Å². The molecule has 1 aromatic carbocycles. The third kappa shape index (κ3) is 2.84. The molecule has 1 radical (unpaired) electrons. The van der Waals surface area contributed by atoms with E-state index in [-0.39, 0.29) is 0 Å². The standard InChI is InChI=1S/C12H16Br/c1-4-5-10-6-7-11(13)8-12(10)9(2)3/h6-8H,4-5H2,1-3H3. The first-order valence-electron chi connectivity index (χ1n) is 4.74. The van der Waals surface area contributed by atoms with Crippen LogP contribution in [0.1, 0.15) is 38.3 Å². The smallest absolute Gasteiger partial charge is 0.0178 e. The van der Waals surface area contributed by atoms with Gasteiger partial charge in [-0.1, -0.05) is 49.2 Å². The largest absolute Gasteiger partial charge is 0.0651 e. The van der Waals surface area contributed by atoms with Crippen LogP contribution in [0.15, 0.2) is 22.7 Å². The van der Waals surface area contributed by atoms with Gasteiger partial charge in [-0.3, -0.25) is 0 Å². The highest BCUT2D eigenvalue weighted by Crippen LogP contribution is 2.24. The Morgan fingerprint density at radius 2 is 2.00 bits per heavy atom. The van der Waals surface area contributed by atoms with Crippen molar-refractivity contribution >= 4 is 15.9 Å². The van der Waals surface area contributed by atoms with Gasteiger partial charge in [-0.05, 0) is 35.6 Å². The number of hydrogen-bond donors (Lipinski definition) is 0. The Labute approximate surface area is 89.5 Å². The average Bonchev–Trinajstić information content (AvgIpc) is 2.08. The van der Waals surface area contributed by atoms with Gasteiger partial charge in [0.25, 0.3) is 0 Å². The number of halogens is 1. The van der Waals surface area contributed by atoms with Crippen LogP contribution in [0, 0.1) is 5.92 Å². The lowest BCUT2D eigenvalue weighted by atomic mass is 9.95. The molecule has 0 N–H and O–H groups in total. The first-order valence-corrected chi connectivity index (χ1v) is 5.53. The maximum atomic E-state index is 3.50. The van der Waals surface area contributed by atoms with Crippen LogP contribution in [0.25, 0.3) is 0 Å². The Kier molecular flexibility index (Phi) is 3.98. The summed E-state index contributed by atoms with van der Waals surface area (Å²) in [6.45, 7) is 6.55. The van der Waals surface area contributed by atoms with Crippen LogP contribution < -0.4 is 0 Å². The van der Waals surface area contributed by atoms with Crippen LogP contribution in [-0.4, -0.2) is 0 Å². The molecule has 0 aliphatic carbocycles. The van der Waals surface area contributed by atoms with E-state index >= 15 is 0 Å². The molecule has 0 spiro atoms. The van der Waals surface area contributed by atoms with Gasteiger partial charge in [0.05, 0.1) is 0 Å². The molecule has 0 unspecified atom stereocenters. The molecule has 1 aromatic rings. The minimum atomic E-state index is 1.17. The van der Waals surface area contributed by atoms with Crippen molar-refractivity contribution < 1.29 is 0 Å². The molecule has 0 fully saturated rings. The van der Waals surface area contributed by atoms with E-state index in [1.807, 2.05) is 0 Å². The minimum absolute atomic E-state index is 1.17. The summed E-state index contributed by atoms with van der Waals surface area (Å²) in [5, 5.41) is 0. The molecule has 13 heavy (non-hydrogen) atoms. The van der Waals surface area contributed by atoms with Crippen LogP contribution in [0.4, 0.5) is 0 Å². The summed E-state index contributed by atoms with van der Waals surface area (Å²) in [5.74, 6) is 1.39. The van der Waals surface area contributed by atoms with Gasteiger partial charge in [0.2, 0.25) is 0 Å². The Morgan fingerprint density at radius 3 is 2.54 bits per heavy atom. The molecule has 0 amide bonds. The van der Waals surface area contributed by atoms with E-state index in [0.29, 0.717) is 0 Å². The van der Waals surface area contributed by atoms with Gasteiger partial charge in [0.1, 0.15) is 0 Å². The van der Waals surface area contributed by atoms with E-state index in [0.717, 1.165) is 0 Å².